The predicted octanol–water partition coefficient (Wildman–Crippen LogP) is 7.31. The zero-order valence-corrected chi connectivity index (χ0v) is 22.4. The molecule has 35 heavy (non-hydrogen) atoms. The molecule has 3 unspecified atom stereocenters. The fourth-order valence-corrected chi connectivity index (χ4v) is 5.81. The summed E-state index contributed by atoms with van der Waals surface area (Å²) >= 11 is 9.62. The van der Waals surface area contributed by atoms with Crippen LogP contribution in [0, 0.1) is 23.4 Å². The van der Waals surface area contributed by atoms with Gasteiger partial charge < -0.3 is 10.4 Å². The molecular weight excluding hydrogens is 517 g/mol. The Morgan fingerprint density at radius 3 is 2.37 bits per heavy atom. The number of carbonyl (C=O) groups is 1. The van der Waals surface area contributed by atoms with E-state index in [-0.39, 0.29) is 22.4 Å². The van der Waals surface area contributed by atoms with Gasteiger partial charge in [0.1, 0.15) is 0 Å². The Balaban J connectivity index is 0.000000625. The van der Waals surface area contributed by atoms with Gasteiger partial charge >= 0.3 is 0 Å². The van der Waals surface area contributed by atoms with E-state index in [1.807, 2.05) is 18.9 Å². The third-order valence-electron chi connectivity index (χ3n) is 5.46. The van der Waals surface area contributed by atoms with Gasteiger partial charge in [-0.2, -0.15) is 0 Å². The lowest BCUT2D eigenvalue weighted by atomic mass is 9.96. The van der Waals surface area contributed by atoms with Crippen LogP contribution < -0.4 is 10.0 Å². The first kappa shape index (κ1) is 29.8. The topological polar surface area (TPSA) is 61.4 Å². The molecule has 3 atom stereocenters. The van der Waals surface area contributed by atoms with E-state index in [9.17, 15) is 23.1 Å². The molecule has 0 radical (unpaired) electrons. The van der Waals surface area contributed by atoms with E-state index < -0.39 is 29.5 Å². The summed E-state index contributed by atoms with van der Waals surface area (Å²) in [7, 11) is 0. The Morgan fingerprint density at radius 2 is 1.89 bits per heavy atom. The van der Waals surface area contributed by atoms with E-state index in [1.54, 1.807) is 19.1 Å². The number of aliphatic hydroxyl groups is 1. The first-order valence-electron chi connectivity index (χ1n) is 11.6. The lowest BCUT2D eigenvalue weighted by molar-refractivity contribution is 0.102. The maximum atomic E-state index is 13.3. The van der Waals surface area contributed by atoms with Gasteiger partial charge in [0, 0.05) is 45.8 Å². The van der Waals surface area contributed by atoms with Gasteiger partial charge in [-0.25, -0.2) is 13.2 Å². The summed E-state index contributed by atoms with van der Waals surface area (Å²) in [6.07, 6.45) is 3.90. The van der Waals surface area contributed by atoms with Crippen molar-refractivity contribution < 1.29 is 23.1 Å². The molecule has 1 heterocycles. The van der Waals surface area contributed by atoms with Crippen LogP contribution in [0.25, 0.3) is 0 Å². The minimum Gasteiger partial charge on any atom is -0.393 e. The number of carbonyl (C=O) groups excluding carboxylic acids is 1. The molecule has 194 valence electrons. The minimum atomic E-state index is -1.59. The summed E-state index contributed by atoms with van der Waals surface area (Å²) in [4.78, 5) is 13.2. The Kier molecular flexibility index (Phi) is 12.8. The van der Waals surface area contributed by atoms with Gasteiger partial charge in [0.15, 0.2) is 17.5 Å². The monoisotopic (exact) mass is 548 g/mol. The number of rotatable bonds is 8. The fraction of sp³-hybridized carbons (Fsp3) is 0.480. The average Bonchev–Trinajstić information content (AvgIpc) is 2.83. The summed E-state index contributed by atoms with van der Waals surface area (Å²) in [6.45, 7) is 7.05. The normalized spacial score (nSPS) is 16.0. The van der Waals surface area contributed by atoms with Crippen molar-refractivity contribution in [2.45, 2.75) is 62.7 Å². The van der Waals surface area contributed by atoms with E-state index in [1.165, 1.54) is 43.0 Å². The van der Waals surface area contributed by atoms with Gasteiger partial charge in [0.25, 0.3) is 5.91 Å². The lowest BCUT2D eigenvalue weighted by Crippen LogP contribution is -2.18. The van der Waals surface area contributed by atoms with Gasteiger partial charge in [-0.05, 0) is 50.3 Å². The Bertz CT molecular complexity index is 943. The Morgan fingerprint density at radius 1 is 1.20 bits per heavy atom. The van der Waals surface area contributed by atoms with Crippen LogP contribution in [0.1, 0.15) is 56.8 Å². The summed E-state index contributed by atoms with van der Waals surface area (Å²) in [5, 5.41) is 12.6. The smallest absolute Gasteiger partial charge is 0.255 e. The first-order chi connectivity index (χ1) is 16.6. The highest BCUT2D eigenvalue weighted by molar-refractivity contribution is 8.00. The molecule has 10 heteroatoms. The molecular formula is C25H32ClF3N2O2S2. The zero-order chi connectivity index (χ0) is 26.0. The highest BCUT2D eigenvalue weighted by Crippen LogP contribution is 2.36. The van der Waals surface area contributed by atoms with Crippen molar-refractivity contribution in [2.24, 2.45) is 5.92 Å². The third-order valence-corrected chi connectivity index (χ3v) is 8.15. The van der Waals surface area contributed by atoms with Crippen LogP contribution in [0.15, 0.2) is 35.2 Å². The van der Waals surface area contributed by atoms with E-state index in [2.05, 4.69) is 17.0 Å². The third kappa shape index (κ3) is 9.88. The molecule has 1 saturated heterocycles. The van der Waals surface area contributed by atoms with Crippen LogP contribution in [-0.2, 0) is 0 Å². The fourth-order valence-electron chi connectivity index (χ4n) is 3.51. The number of hydrogen-bond donors (Lipinski definition) is 3. The second-order valence-corrected chi connectivity index (χ2v) is 11.2. The van der Waals surface area contributed by atoms with Gasteiger partial charge in [0.2, 0.25) is 0 Å². The van der Waals surface area contributed by atoms with Crippen molar-refractivity contribution in [2.75, 3.05) is 17.6 Å². The van der Waals surface area contributed by atoms with Gasteiger partial charge in [-0.3, -0.25) is 9.52 Å². The molecule has 2 aromatic rings. The van der Waals surface area contributed by atoms with Crippen LogP contribution in [0.3, 0.4) is 0 Å². The lowest BCUT2D eigenvalue weighted by Gasteiger charge is -2.24. The summed E-state index contributed by atoms with van der Waals surface area (Å²) < 4.78 is 43.0. The van der Waals surface area contributed by atoms with Crippen LogP contribution in [0.5, 0.6) is 0 Å². The summed E-state index contributed by atoms with van der Waals surface area (Å²) in [5.74, 6) is -3.39. The molecule has 3 N–H and O–H groups in total. The van der Waals surface area contributed by atoms with Crippen molar-refractivity contribution in [3.05, 3.63) is 58.4 Å². The van der Waals surface area contributed by atoms with Crippen molar-refractivity contribution in [3.8, 4) is 0 Å². The molecule has 2 aromatic carbocycles. The molecule has 1 aliphatic rings. The molecule has 4 nitrogen and oxygen atoms in total. The van der Waals surface area contributed by atoms with Crippen LogP contribution in [0.4, 0.5) is 18.9 Å². The van der Waals surface area contributed by atoms with Crippen LogP contribution in [-0.4, -0.2) is 34.7 Å². The second-order valence-electron chi connectivity index (χ2n) is 8.38. The van der Waals surface area contributed by atoms with E-state index in [4.69, 9.17) is 11.6 Å². The maximum Gasteiger partial charge on any atom is 0.255 e. The standard InChI is InChI=1S/C21H23ClF3NO2S.C4H9NS/c1-4-13(7-11(2)27)12(3)29-19-8-14(5-6-16(19)22)21(28)26-15-9-17(23)20(25)18(24)10-15;1-2-4-6-5-3-1/h5-6,8-13,27H,4,7H2,1-3H3,(H,26,28);5H,1-4H2. The van der Waals surface area contributed by atoms with Crippen molar-refractivity contribution >= 4 is 46.9 Å². The molecule has 1 fully saturated rings. The number of nitrogens with one attached hydrogen (secondary N) is 2. The predicted molar refractivity (Wildman–Crippen MR) is 141 cm³/mol. The SMILES string of the molecule is C1CCSNC1.CCC(CC(C)O)C(C)Sc1cc(C(=O)Nc2cc(F)c(F)c(F)c2)ccc1Cl. The summed E-state index contributed by atoms with van der Waals surface area (Å²) in [5.41, 5.74) is 0.0599. The van der Waals surface area contributed by atoms with Crippen LogP contribution >= 0.6 is 35.3 Å². The second kappa shape index (κ2) is 15.0. The average molecular weight is 549 g/mol. The quantitative estimate of drug-likeness (QED) is 0.183. The van der Waals surface area contributed by atoms with Crippen molar-refractivity contribution in [1.29, 1.82) is 0 Å². The van der Waals surface area contributed by atoms with Gasteiger partial charge in [-0.1, -0.05) is 43.8 Å². The number of anilines is 1. The van der Waals surface area contributed by atoms with Gasteiger partial charge in [-0.15, -0.1) is 11.8 Å². The van der Waals surface area contributed by atoms with E-state index >= 15 is 0 Å². The van der Waals surface area contributed by atoms with E-state index in [0.717, 1.165) is 6.42 Å². The number of thioether (sulfide) groups is 1. The maximum absolute atomic E-state index is 13.3. The molecule has 1 aliphatic heterocycles. The molecule has 0 saturated carbocycles. The molecule has 3 rings (SSSR count). The number of benzene rings is 2. The Hall–Kier alpha value is -1.39. The number of amides is 1. The van der Waals surface area contributed by atoms with E-state index in [0.29, 0.717) is 28.5 Å². The zero-order valence-electron chi connectivity index (χ0n) is 20.0. The minimum absolute atomic E-state index is 0.144. The summed E-state index contributed by atoms with van der Waals surface area (Å²) in [6, 6.07) is 6.10. The van der Waals surface area contributed by atoms with Gasteiger partial charge in [0.05, 0.1) is 11.1 Å². The van der Waals surface area contributed by atoms with Crippen molar-refractivity contribution in [3.63, 3.8) is 0 Å². The highest BCUT2D eigenvalue weighted by Gasteiger charge is 2.21. The van der Waals surface area contributed by atoms with Crippen LogP contribution in [0.2, 0.25) is 5.02 Å². The highest BCUT2D eigenvalue weighted by atomic mass is 35.5. The number of halogens is 4. The Labute approximate surface area is 218 Å². The molecule has 0 spiro atoms. The number of aliphatic hydroxyl groups excluding tert-OH is 1. The molecule has 0 aromatic heterocycles. The van der Waals surface area contributed by atoms with Crippen molar-refractivity contribution in [1.82, 2.24) is 4.72 Å². The number of hydrogen-bond acceptors (Lipinski definition) is 5. The largest absolute Gasteiger partial charge is 0.393 e. The first-order valence-corrected chi connectivity index (χ1v) is 13.8. The molecule has 0 bridgehead atoms. The molecule has 0 aliphatic carbocycles. The molecule has 1 amide bonds.